The lowest BCUT2D eigenvalue weighted by Gasteiger charge is -2.36. The van der Waals surface area contributed by atoms with E-state index in [0.29, 0.717) is 18.3 Å². The zero-order valence-electron chi connectivity index (χ0n) is 11.8. The lowest BCUT2D eigenvalue weighted by atomic mass is 10.2. The summed E-state index contributed by atoms with van der Waals surface area (Å²) >= 11 is 0. The van der Waals surface area contributed by atoms with E-state index in [-0.39, 0.29) is 11.5 Å². The Bertz CT molecular complexity index is 490. The van der Waals surface area contributed by atoms with Gasteiger partial charge in [0.1, 0.15) is 0 Å². The second-order valence-corrected chi connectivity index (χ2v) is 5.36. The lowest BCUT2D eigenvalue weighted by Crippen LogP contribution is -2.50. The molecule has 1 fully saturated rings. The normalized spacial score (nSPS) is 17.6. The van der Waals surface area contributed by atoms with Crippen LogP contribution in [0.15, 0.2) is 12.3 Å². The highest BCUT2D eigenvalue weighted by molar-refractivity contribution is 5.96. The summed E-state index contributed by atoms with van der Waals surface area (Å²) in [5.41, 5.74) is 0.237. The summed E-state index contributed by atoms with van der Waals surface area (Å²) in [7, 11) is 0. The van der Waals surface area contributed by atoms with E-state index in [2.05, 4.69) is 28.6 Å². The number of rotatable bonds is 5. The minimum Gasteiger partial charge on any atom is -0.353 e. The van der Waals surface area contributed by atoms with E-state index in [0.717, 1.165) is 26.2 Å². The van der Waals surface area contributed by atoms with E-state index in [1.165, 1.54) is 12.3 Å². The predicted octanol–water partition coefficient (Wildman–Crippen LogP) is 1.13. The highest BCUT2D eigenvalue weighted by Crippen LogP contribution is 2.13. The number of carbonyl (C=O) groups is 1. The average Bonchev–Trinajstić information content (AvgIpc) is 2.89. The number of nitro groups is 1. The maximum Gasteiger partial charge on any atom is 0.287 e. The van der Waals surface area contributed by atoms with E-state index in [9.17, 15) is 14.9 Å². The van der Waals surface area contributed by atoms with Crippen molar-refractivity contribution in [2.45, 2.75) is 19.9 Å². The van der Waals surface area contributed by atoms with Crippen LogP contribution in [0.2, 0.25) is 0 Å². The maximum absolute atomic E-state index is 12.1. The first-order valence-corrected chi connectivity index (χ1v) is 6.80. The number of nitrogens with zero attached hydrogens (tertiary/aromatic N) is 3. The molecule has 2 rings (SSSR count). The Morgan fingerprint density at radius 2 is 2.05 bits per heavy atom. The third-order valence-corrected chi connectivity index (χ3v) is 3.68. The van der Waals surface area contributed by atoms with Gasteiger partial charge in [0.25, 0.3) is 5.69 Å². The number of hydrogen-bond donors (Lipinski definition) is 1. The van der Waals surface area contributed by atoms with Crippen molar-refractivity contribution in [3.8, 4) is 0 Å². The summed E-state index contributed by atoms with van der Waals surface area (Å²) < 4.78 is 0. The SMILES string of the molecule is CC(C)N1CCN(CC(=O)c2cc([N+](=O)[O-])c[nH]2)CC1. The molecular weight excluding hydrogens is 260 g/mol. The summed E-state index contributed by atoms with van der Waals surface area (Å²) in [6.07, 6.45) is 1.25. The van der Waals surface area contributed by atoms with Crippen molar-refractivity contribution in [2.24, 2.45) is 0 Å². The number of nitrogens with one attached hydrogen (secondary N) is 1. The van der Waals surface area contributed by atoms with Gasteiger partial charge in [-0.25, -0.2) is 0 Å². The number of hydrogen-bond acceptors (Lipinski definition) is 5. The molecule has 1 aliphatic heterocycles. The van der Waals surface area contributed by atoms with Gasteiger partial charge in [-0.2, -0.15) is 0 Å². The molecule has 0 aliphatic carbocycles. The number of ketones is 1. The van der Waals surface area contributed by atoms with Crippen LogP contribution in [0.4, 0.5) is 5.69 Å². The van der Waals surface area contributed by atoms with Gasteiger partial charge in [0.2, 0.25) is 0 Å². The van der Waals surface area contributed by atoms with Crippen molar-refractivity contribution >= 4 is 11.5 Å². The van der Waals surface area contributed by atoms with Crippen LogP contribution in [-0.2, 0) is 0 Å². The van der Waals surface area contributed by atoms with E-state index >= 15 is 0 Å². The van der Waals surface area contributed by atoms with Crippen molar-refractivity contribution in [3.05, 3.63) is 28.1 Å². The van der Waals surface area contributed by atoms with Gasteiger partial charge in [-0.15, -0.1) is 0 Å². The van der Waals surface area contributed by atoms with Crippen LogP contribution in [0.5, 0.6) is 0 Å². The Hall–Kier alpha value is -1.73. The molecule has 0 radical (unpaired) electrons. The number of Topliss-reactive ketones (excluding diaryl/α,β-unsaturated/α-hetero) is 1. The van der Waals surface area contributed by atoms with Gasteiger partial charge in [-0.05, 0) is 13.8 Å². The lowest BCUT2D eigenvalue weighted by molar-refractivity contribution is -0.384. The molecule has 1 aromatic heterocycles. The molecule has 0 atom stereocenters. The predicted molar refractivity (Wildman–Crippen MR) is 74.9 cm³/mol. The van der Waals surface area contributed by atoms with Crippen LogP contribution in [0.25, 0.3) is 0 Å². The number of H-pyrrole nitrogens is 1. The number of piperazine rings is 1. The van der Waals surface area contributed by atoms with Crippen LogP contribution in [-0.4, -0.2) is 64.3 Å². The molecule has 0 spiro atoms. The van der Waals surface area contributed by atoms with Crippen LogP contribution < -0.4 is 0 Å². The fourth-order valence-corrected chi connectivity index (χ4v) is 2.38. The Balaban J connectivity index is 1.87. The summed E-state index contributed by atoms with van der Waals surface area (Å²) in [4.78, 5) is 29.3. The van der Waals surface area contributed by atoms with Gasteiger partial charge in [-0.3, -0.25) is 24.7 Å². The molecule has 0 unspecified atom stereocenters. The third kappa shape index (κ3) is 3.43. The summed E-state index contributed by atoms with van der Waals surface area (Å²) in [6, 6.07) is 1.83. The molecule has 7 nitrogen and oxygen atoms in total. The van der Waals surface area contributed by atoms with E-state index < -0.39 is 4.92 Å². The molecular formula is C13H20N4O3. The number of aromatic amines is 1. The highest BCUT2D eigenvalue weighted by atomic mass is 16.6. The number of carbonyl (C=O) groups excluding carboxylic acids is 1. The van der Waals surface area contributed by atoms with Crippen molar-refractivity contribution in [3.63, 3.8) is 0 Å². The molecule has 1 N–H and O–H groups in total. The van der Waals surface area contributed by atoms with Gasteiger partial charge in [0.15, 0.2) is 5.78 Å². The number of aromatic nitrogens is 1. The quantitative estimate of drug-likeness (QED) is 0.496. The molecule has 2 heterocycles. The Kier molecular flexibility index (Phi) is 4.51. The van der Waals surface area contributed by atoms with Crippen molar-refractivity contribution < 1.29 is 9.72 Å². The Morgan fingerprint density at radius 3 is 2.55 bits per heavy atom. The fourth-order valence-electron chi connectivity index (χ4n) is 2.38. The molecule has 0 amide bonds. The smallest absolute Gasteiger partial charge is 0.287 e. The molecule has 0 aromatic carbocycles. The van der Waals surface area contributed by atoms with E-state index in [1.807, 2.05) is 0 Å². The Morgan fingerprint density at radius 1 is 1.40 bits per heavy atom. The van der Waals surface area contributed by atoms with E-state index in [4.69, 9.17) is 0 Å². The summed E-state index contributed by atoms with van der Waals surface area (Å²) in [6.45, 7) is 8.26. The van der Waals surface area contributed by atoms with Gasteiger partial charge >= 0.3 is 0 Å². The first kappa shape index (κ1) is 14.7. The fraction of sp³-hybridized carbons (Fsp3) is 0.615. The van der Waals surface area contributed by atoms with Crippen LogP contribution >= 0.6 is 0 Å². The first-order valence-electron chi connectivity index (χ1n) is 6.80. The first-order chi connectivity index (χ1) is 9.47. The molecule has 1 saturated heterocycles. The van der Waals surface area contributed by atoms with Crippen molar-refractivity contribution in [2.75, 3.05) is 32.7 Å². The third-order valence-electron chi connectivity index (χ3n) is 3.68. The molecule has 7 heteroatoms. The molecule has 110 valence electrons. The molecule has 0 bridgehead atoms. The van der Waals surface area contributed by atoms with Gasteiger partial charge in [-0.1, -0.05) is 0 Å². The Labute approximate surface area is 117 Å². The zero-order chi connectivity index (χ0) is 14.7. The van der Waals surface area contributed by atoms with Crippen molar-refractivity contribution in [1.29, 1.82) is 0 Å². The highest BCUT2D eigenvalue weighted by Gasteiger charge is 2.22. The van der Waals surface area contributed by atoms with Crippen LogP contribution in [0.3, 0.4) is 0 Å². The molecule has 0 saturated carbocycles. The maximum atomic E-state index is 12.1. The van der Waals surface area contributed by atoms with Gasteiger partial charge in [0, 0.05) is 38.3 Å². The van der Waals surface area contributed by atoms with Crippen LogP contribution in [0, 0.1) is 10.1 Å². The topological polar surface area (TPSA) is 82.5 Å². The standard InChI is InChI=1S/C13H20N4O3/c1-10(2)16-5-3-15(4-6-16)9-13(18)12-7-11(8-14-12)17(19)20/h7-8,10,14H,3-6,9H2,1-2H3. The minimum atomic E-state index is -0.505. The van der Waals surface area contributed by atoms with Gasteiger partial charge in [0.05, 0.1) is 23.4 Å². The monoisotopic (exact) mass is 280 g/mol. The van der Waals surface area contributed by atoms with Gasteiger partial charge < -0.3 is 4.98 Å². The molecule has 1 aliphatic rings. The van der Waals surface area contributed by atoms with E-state index in [1.54, 1.807) is 0 Å². The zero-order valence-corrected chi connectivity index (χ0v) is 11.8. The average molecular weight is 280 g/mol. The van der Waals surface area contributed by atoms with Crippen LogP contribution in [0.1, 0.15) is 24.3 Å². The molecule has 1 aromatic rings. The minimum absolute atomic E-state index is 0.0713. The second kappa shape index (κ2) is 6.15. The molecule has 20 heavy (non-hydrogen) atoms. The van der Waals surface area contributed by atoms with Crippen molar-refractivity contribution in [1.82, 2.24) is 14.8 Å². The summed E-state index contributed by atoms with van der Waals surface area (Å²) in [5, 5.41) is 10.6. The second-order valence-electron chi connectivity index (χ2n) is 5.36. The largest absolute Gasteiger partial charge is 0.353 e. The summed E-state index contributed by atoms with van der Waals surface area (Å²) in [5.74, 6) is -0.101.